The van der Waals surface area contributed by atoms with Crippen molar-refractivity contribution in [3.8, 4) is 0 Å². The zero-order chi connectivity index (χ0) is 22.5. The third-order valence-corrected chi connectivity index (χ3v) is 7.63. The first kappa shape index (κ1) is 22.4. The van der Waals surface area contributed by atoms with Crippen molar-refractivity contribution in [2.45, 2.75) is 31.7 Å². The van der Waals surface area contributed by atoms with Gasteiger partial charge in [0.15, 0.2) is 0 Å². The first-order valence-electron chi connectivity index (χ1n) is 12.8. The van der Waals surface area contributed by atoms with Crippen molar-refractivity contribution in [3.05, 3.63) is 71.8 Å². The number of carbonyl (C=O) groups is 1. The fourth-order valence-electron chi connectivity index (χ4n) is 5.38. The second-order valence-electron chi connectivity index (χ2n) is 10.2. The van der Waals surface area contributed by atoms with Gasteiger partial charge in [-0.3, -0.25) is 4.90 Å². The van der Waals surface area contributed by atoms with E-state index in [4.69, 9.17) is 0 Å². The molecule has 2 aromatic rings. The van der Waals surface area contributed by atoms with Gasteiger partial charge < -0.3 is 15.1 Å². The van der Waals surface area contributed by atoms with Crippen LogP contribution in [0.5, 0.6) is 0 Å². The normalized spacial score (nSPS) is 20.8. The molecule has 1 saturated carbocycles. The van der Waals surface area contributed by atoms with Crippen LogP contribution in [0.4, 0.5) is 4.79 Å². The molecule has 1 N–H and O–H groups in total. The van der Waals surface area contributed by atoms with Gasteiger partial charge in [-0.05, 0) is 61.7 Å². The van der Waals surface area contributed by atoms with Crippen LogP contribution in [0.3, 0.4) is 0 Å². The van der Waals surface area contributed by atoms with Gasteiger partial charge in [-0.2, -0.15) is 0 Å². The first-order valence-corrected chi connectivity index (χ1v) is 12.8. The third kappa shape index (κ3) is 6.15. The van der Waals surface area contributed by atoms with Gasteiger partial charge in [0.2, 0.25) is 0 Å². The van der Waals surface area contributed by atoms with Crippen molar-refractivity contribution in [2.24, 2.45) is 11.8 Å². The number of piperidine rings is 1. The summed E-state index contributed by atoms with van der Waals surface area (Å²) >= 11 is 0. The fourth-order valence-corrected chi connectivity index (χ4v) is 5.38. The molecule has 5 rings (SSSR count). The predicted molar refractivity (Wildman–Crippen MR) is 133 cm³/mol. The third-order valence-electron chi connectivity index (χ3n) is 7.63. The molecule has 2 aromatic carbocycles. The van der Waals surface area contributed by atoms with Crippen molar-refractivity contribution in [2.75, 3.05) is 52.4 Å². The molecular formula is C28H38N4O. The van der Waals surface area contributed by atoms with Crippen LogP contribution in [0.25, 0.3) is 0 Å². The van der Waals surface area contributed by atoms with E-state index in [9.17, 15) is 4.79 Å². The quantitative estimate of drug-likeness (QED) is 0.692. The SMILES string of the molecule is O=C(NC(c1ccccc1)c1ccccc1)N1CCN(CC2CCN(CC3CC3)CC2)CC1. The Hall–Kier alpha value is -2.37. The van der Waals surface area contributed by atoms with Crippen LogP contribution in [-0.2, 0) is 0 Å². The monoisotopic (exact) mass is 446 g/mol. The maximum atomic E-state index is 13.2. The van der Waals surface area contributed by atoms with Gasteiger partial charge in [-0.1, -0.05) is 60.7 Å². The van der Waals surface area contributed by atoms with Crippen LogP contribution in [0, 0.1) is 11.8 Å². The summed E-state index contributed by atoms with van der Waals surface area (Å²) in [6.07, 6.45) is 5.58. The summed E-state index contributed by atoms with van der Waals surface area (Å²) < 4.78 is 0. The van der Waals surface area contributed by atoms with E-state index >= 15 is 0 Å². The van der Waals surface area contributed by atoms with Crippen molar-refractivity contribution in [3.63, 3.8) is 0 Å². The summed E-state index contributed by atoms with van der Waals surface area (Å²) in [6.45, 7) is 8.68. The Labute approximate surface area is 198 Å². The largest absolute Gasteiger partial charge is 0.327 e. The highest BCUT2D eigenvalue weighted by molar-refractivity contribution is 5.75. The van der Waals surface area contributed by atoms with Gasteiger partial charge in [-0.25, -0.2) is 4.79 Å². The number of likely N-dealkylation sites (tertiary alicyclic amines) is 1. The van der Waals surface area contributed by atoms with Crippen LogP contribution in [0.1, 0.15) is 42.9 Å². The van der Waals surface area contributed by atoms with E-state index in [0.717, 1.165) is 49.1 Å². The van der Waals surface area contributed by atoms with E-state index in [1.54, 1.807) is 0 Å². The molecule has 0 spiro atoms. The minimum Gasteiger partial charge on any atom is -0.327 e. The standard InChI is InChI=1S/C28H38N4O/c33-28(29-27(25-7-3-1-4-8-25)26-9-5-2-6-10-26)32-19-17-31(18-20-32)22-24-13-15-30(16-14-24)21-23-11-12-23/h1-10,23-24,27H,11-22H2,(H,29,33). The van der Waals surface area contributed by atoms with Gasteiger partial charge in [-0.15, -0.1) is 0 Å². The molecule has 1 aliphatic carbocycles. The molecule has 2 heterocycles. The minimum atomic E-state index is -0.126. The lowest BCUT2D eigenvalue weighted by atomic mass is 9.95. The lowest BCUT2D eigenvalue weighted by Gasteiger charge is -2.39. The molecule has 2 saturated heterocycles. The maximum Gasteiger partial charge on any atom is 0.318 e. The molecule has 5 nitrogen and oxygen atoms in total. The van der Waals surface area contributed by atoms with Gasteiger partial charge in [0.25, 0.3) is 0 Å². The number of hydrogen-bond acceptors (Lipinski definition) is 3. The molecule has 2 amide bonds. The summed E-state index contributed by atoms with van der Waals surface area (Å²) in [5.41, 5.74) is 2.23. The predicted octanol–water partition coefficient (Wildman–Crippen LogP) is 4.23. The number of nitrogens with one attached hydrogen (secondary N) is 1. The van der Waals surface area contributed by atoms with E-state index < -0.39 is 0 Å². The molecule has 0 radical (unpaired) electrons. The first-order chi connectivity index (χ1) is 16.2. The van der Waals surface area contributed by atoms with Crippen molar-refractivity contribution >= 4 is 6.03 Å². The Kier molecular flexibility index (Phi) is 7.27. The molecule has 5 heteroatoms. The number of carbonyl (C=O) groups excluding carboxylic acids is 1. The zero-order valence-corrected chi connectivity index (χ0v) is 19.7. The highest BCUT2D eigenvalue weighted by Gasteiger charge is 2.29. The number of rotatable bonds is 7. The summed E-state index contributed by atoms with van der Waals surface area (Å²) in [6, 6.07) is 20.4. The molecule has 0 unspecified atom stereocenters. The second-order valence-corrected chi connectivity index (χ2v) is 10.2. The van der Waals surface area contributed by atoms with E-state index in [0.29, 0.717) is 0 Å². The number of benzene rings is 2. The maximum absolute atomic E-state index is 13.2. The van der Waals surface area contributed by atoms with Crippen molar-refractivity contribution in [1.82, 2.24) is 20.0 Å². The van der Waals surface area contributed by atoms with Crippen LogP contribution in [0.15, 0.2) is 60.7 Å². The zero-order valence-electron chi connectivity index (χ0n) is 19.7. The molecule has 33 heavy (non-hydrogen) atoms. The second kappa shape index (κ2) is 10.7. The molecule has 2 aliphatic heterocycles. The Morgan fingerprint density at radius 1 is 0.697 bits per heavy atom. The number of hydrogen-bond donors (Lipinski definition) is 1. The number of urea groups is 1. The highest BCUT2D eigenvalue weighted by atomic mass is 16.2. The Bertz CT molecular complexity index is 830. The number of nitrogens with zero attached hydrogens (tertiary/aromatic N) is 3. The summed E-state index contributed by atoms with van der Waals surface area (Å²) in [5.74, 6) is 1.82. The molecule has 0 atom stereocenters. The molecule has 0 aromatic heterocycles. The molecule has 3 fully saturated rings. The average molecular weight is 447 g/mol. The lowest BCUT2D eigenvalue weighted by molar-refractivity contribution is 0.102. The molecule has 3 aliphatic rings. The van der Waals surface area contributed by atoms with Crippen molar-refractivity contribution < 1.29 is 4.79 Å². The average Bonchev–Trinajstić information content (AvgIpc) is 3.69. The van der Waals surface area contributed by atoms with Gasteiger partial charge in [0, 0.05) is 39.3 Å². The molecule has 176 valence electrons. The van der Waals surface area contributed by atoms with E-state index in [1.807, 2.05) is 41.3 Å². The lowest BCUT2D eigenvalue weighted by Crippen LogP contribution is -2.53. The molecule has 0 bridgehead atoms. The minimum absolute atomic E-state index is 0.0424. The Morgan fingerprint density at radius 3 is 1.70 bits per heavy atom. The molecular weight excluding hydrogens is 408 g/mol. The summed E-state index contributed by atoms with van der Waals surface area (Å²) in [7, 11) is 0. The van der Waals surface area contributed by atoms with Gasteiger partial charge in [0.1, 0.15) is 0 Å². The van der Waals surface area contributed by atoms with E-state index in [2.05, 4.69) is 39.4 Å². The van der Waals surface area contributed by atoms with Crippen LogP contribution >= 0.6 is 0 Å². The van der Waals surface area contributed by atoms with Crippen LogP contribution < -0.4 is 5.32 Å². The topological polar surface area (TPSA) is 38.8 Å². The van der Waals surface area contributed by atoms with Crippen LogP contribution in [0.2, 0.25) is 0 Å². The van der Waals surface area contributed by atoms with Gasteiger partial charge in [0.05, 0.1) is 6.04 Å². The number of piperazine rings is 1. The van der Waals surface area contributed by atoms with E-state index in [1.165, 1.54) is 51.9 Å². The summed E-state index contributed by atoms with van der Waals surface area (Å²) in [4.78, 5) is 20.4. The highest BCUT2D eigenvalue weighted by Crippen LogP contribution is 2.31. The summed E-state index contributed by atoms with van der Waals surface area (Å²) in [5, 5.41) is 3.30. The Balaban J connectivity index is 1.10. The fraction of sp³-hybridized carbons (Fsp3) is 0.536. The van der Waals surface area contributed by atoms with Crippen LogP contribution in [-0.4, -0.2) is 73.1 Å². The number of amides is 2. The van der Waals surface area contributed by atoms with Gasteiger partial charge >= 0.3 is 6.03 Å². The Morgan fingerprint density at radius 2 is 1.18 bits per heavy atom. The smallest absolute Gasteiger partial charge is 0.318 e. The van der Waals surface area contributed by atoms with E-state index in [-0.39, 0.29) is 12.1 Å². The van der Waals surface area contributed by atoms with Crippen molar-refractivity contribution in [1.29, 1.82) is 0 Å².